The number of carbonyl (C=O) groups excluding carboxylic acids is 1. The van der Waals surface area contributed by atoms with Crippen molar-refractivity contribution in [2.24, 2.45) is 5.92 Å². The third-order valence-electron chi connectivity index (χ3n) is 3.25. The van der Waals surface area contributed by atoms with Crippen LogP contribution in [0.4, 0.5) is 5.82 Å². The maximum absolute atomic E-state index is 12.0. The summed E-state index contributed by atoms with van der Waals surface area (Å²) < 4.78 is 0. The van der Waals surface area contributed by atoms with Gasteiger partial charge in [-0.25, -0.2) is 9.97 Å². The maximum Gasteiger partial charge on any atom is 0.270 e. The molecule has 1 aromatic heterocycles. The molecule has 0 atom stereocenters. The fraction of sp³-hybridized carbons (Fsp3) is 0.615. The van der Waals surface area contributed by atoms with Gasteiger partial charge in [0.1, 0.15) is 11.5 Å². The molecule has 1 aromatic rings. The SMILES string of the molecule is CCN(CC)c1cc(C(=O)NCC2CC2)nc(Cl)n1. The van der Waals surface area contributed by atoms with Gasteiger partial charge >= 0.3 is 0 Å². The molecule has 6 heteroatoms. The van der Waals surface area contributed by atoms with Crippen LogP contribution in [0.25, 0.3) is 0 Å². The average molecular weight is 283 g/mol. The Morgan fingerprint density at radius 2 is 2.11 bits per heavy atom. The van der Waals surface area contributed by atoms with Gasteiger partial charge < -0.3 is 10.2 Å². The first-order chi connectivity index (χ1) is 9.13. The fourth-order valence-electron chi connectivity index (χ4n) is 1.88. The van der Waals surface area contributed by atoms with Crippen molar-refractivity contribution in [2.75, 3.05) is 24.5 Å². The van der Waals surface area contributed by atoms with Gasteiger partial charge in [0.15, 0.2) is 0 Å². The van der Waals surface area contributed by atoms with E-state index in [-0.39, 0.29) is 11.2 Å². The highest BCUT2D eigenvalue weighted by Gasteiger charge is 2.22. The van der Waals surface area contributed by atoms with E-state index in [1.165, 1.54) is 12.8 Å². The molecule has 1 heterocycles. The Morgan fingerprint density at radius 1 is 1.42 bits per heavy atom. The summed E-state index contributed by atoms with van der Waals surface area (Å²) in [5, 5.41) is 3.00. The minimum atomic E-state index is -0.176. The second-order valence-electron chi connectivity index (χ2n) is 4.71. The summed E-state index contributed by atoms with van der Waals surface area (Å²) in [7, 11) is 0. The second-order valence-corrected chi connectivity index (χ2v) is 5.04. The first-order valence-electron chi connectivity index (χ1n) is 6.71. The minimum absolute atomic E-state index is 0.112. The fourth-order valence-corrected chi connectivity index (χ4v) is 2.06. The topological polar surface area (TPSA) is 58.1 Å². The van der Waals surface area contributed by atoms with E-state index in [0.29, 0.717) is 17.4 Å². The summed E-state index contributed by atoms with van der Waals surface area (Å²) in [5.74, 6) is 1.16. The van der Waals surface area contributed by atoms with Gasteiger partial charge in [0.25, 0.3) is 5.91 Å². The molecule has 104 valence electrons. The normalized spacial score (nSPS) is 14.3. The third kappa shape index (κ3) is 3.80. The lowest BCUT2D eigenvalue weighted by molar-refractivity contribution is 0.0946. The molecular weight excluding hydrogens is 264 g/mol. The highest BCUT2D eigenvalue weighted by atomic mass is 35.5. The second kappa shape index (κ2) is 6.19. The Bertz CT molecular complexity index is 458. The molecular formula is C13H19ClN4O. The van der Waals surface area contributed by atoms with Gasteiger partial charge in [-0.2, -0.15) is 0 Å². The number of amides is 1. The summed E-state index contributed by atoms with van der Waals surface area (Å²) >= 11 is 5.90. The molecule has 0 aromatic carbocycles. The number of rotatable bonds is 6. The average Bonchev–Trinajstić information content (AvgIpc) is 3.21. The first-order valence-corrected chi connectivity index (χ1v) is 7.09. The molecule has 1 saturated carbocycles. The zero-order valence-electron chi connectivity index (χ0n) is 11.3. The van der Waals surface area contributed by atoms with Crippen LogP contribution < -0.4 is 10.2 Å². The molecule has 2 rings (SSSR count). The number of hydrogen-bond donors (Lipinski definition) is 1. The lowest BCUT2D eigenvalue weighted by atomic mass is 10.3. The van der Waals surface area contributed by atoms with Crippen LogP contribution in [0.2, 0.25) is 5.28 Å². The van der Waals surface area contributed by atoms with E-state index in [1.54, 1.807) is 6.07 Å². The molecule has 1 aliphatic rings. The molecule has 1 aliphatic carbocycles. The largest absolute Gasteiger partial charge is 0.357 e. The van der Waals surface area contributed by atoms with Gasteiger partial charge in [-0.15, -0.1) is 0 Å². The van der Waals surface area contributed by atoms with Crippen LogP contribution in [0.5, 0.6) is 0 Å². The summed E-state index contributed by atoms with van der Waals surface area (Å²) in [5.41, 5.74) is 0.336. The summed E-state index contributed by atoms with van der Waals surface area (Å²) in [4.78, 5) is 22.2. The van der Waals surface area contributed by atoms with Gasteiger partial charge in [0.05, 0.1) is 0 Å². The maximum atomic E-state index is 12.0. The van der Waals surface area contributed by atoms with Crippen LogP contribution in [0.1, 0.15) is 37.2 Å². The molecule has 19 heavy (non-hydrogen) atoms. The van der Waals surface area contributed by atoms with Crippen molar-refractivity contribution in [3.05, 3.63) is 17.0 Å². The molecule has 5 nitrogen and oxygen atoms in total. The van der Waals surface area contributed by atoms with E-state index >= 15 is 0 Å². The molecule has 0 aliphatic heterocycles. The van der Waals surface area contributed by atoms with E-state index in [1.807, 2.05) is 18.7 Å². The quantitative estimate of drug-likeness (QED) is 0.812. The molecule has 0 radical (unpaired) electrons. The van der Waals surface area contributed by atoms with Crippen molar-refractivity contribution in [1.82, 2.24) is 15.3 Å². The van der Waals surface area contributed by atoms with E-state index in [9.17, 15) is 4.79 Å². The van der Waals surface area contributed by atoms with E-state index in [2.05, 4.69) is 15.3 Å². The van der Waals surface area contributed by atoms with Crippen LogP contribution in [0.15, 0.2) is 6.07 Å². The molecule has 0 bridgehead atoms. The van der Waals surface area contributed by atoms with Crippen LogP contribution in [-0.4, -0.2) is 35.5 Å². The predicted octanol–water partition coefficient (Wildman–Crippen LogP) is 2.12. The number of halogens is 1. The zero-order chi connectivity index (χ0) is 13.8. The monoisotopic (exact) mass is 282 g/mol. The molecule has 0 unspecified atom stereocenters. The van der Waals surface area contributed by atoms with Crippen molar-refractivity contribution >= 4 is 23.3 Å². The van der Waals surface area contributed by atoms with E-state index < -0.39 is 0 Å². The predicted molar refractivity (Wildman–Crippen MR) is 75.7 cm³/mol. The van der Waals surface area contributed by atoms with Crippen molar-refractivity contribution in [2.45, 2.75) is 26.7 Å². The Labute approximate surface area is 118 Å². The Kier molecular flexibility index (Phi) is 4.58. The van der Waals surface area contributed by atoms with Crippen molar-refractivity contribution in [3.8, 4) is 0 Å². The van der Waals surface area contributed by atoms with E-state index in [0.717, 1.165) is 19.6 Å². The minimum Gasteiger partial charge on any atom is -0.357 e. The van der Waals surface area contributed by atoms with Crippen LogP contribution in [-0.2, 0) is 0 Å². The van der Waals surface area contributed by atoms with Gasteiger partial charge in [-0.3, -0.25) is 4.79 Å². The smallest absolute Gasteiger partial charge is 0.270 e. The summed E-state index contributed by atoms with van der Waals surface area (Å²) in [6.45, 7) is 6.42. The van der Waals surface area contributed by atoms with Crippen LogP contribution in [0.3, 0.4) is 0 Å². The Morgan fingerprint density at radius 3 is 2.68 bits per heavy atom. The highest BCUT2D eigenvalue weighted by Crippen LogP contribution is 2.27. The third-order valence-corrected chi connectivity index (χ3v) is 3.42. The standard InChI is InChI=1S/C13H19ClN4O/c1-3-18(4-2)11-7-10(16-13(14)17-11)12(19)15-8-9-5-6-9/h7,9H,3-6,8H2,1-2H3,(H,15,19). The lowest BCUT2D eigenvalue weighted by Gasteiger charge is -2.20. The van der Waals surface area contributed by atoms with Crippen LogP contribution in [0, 0.1) is 5.92 Å². The highest BCUT2D eigenvalue weighted by molar-refractivity contribution is 6.28. The van der Waals surface area contributed by atoms with E-state index in [4.69, 9.17) is 11.6 Å². The Hall–Kier alpha value is -1.36. The lowest BCUT2D eigenvalue weighted by Crippen LogP contribution is -2.28. The molecule has 0 saturated heterocycles. The molecule has 1 N–H and O–H groups in total. The zero-order valence-corrected chi connectivity index (χ0v) is 12.1. The summed E-state index contributed by atoms with van der Waals surface area (Å²) in [6.07, 6.45) is 2.41. The number of carbonyl (C=O) groups is 1. The van der Waals surface area contributed by atoms with Crippen molar-refractivity contribution in [3.63, 3.8) is 0 Å². The first kappa shape index (κ1) is 14.1. The number of anilines is 1. The summed E-state index contributed by atoms with van der Waals surface area (Å²) in [6, 6.07) is 1.70. The van der Waals surface area contributed by atoms with Crippen LogP contribution >= 0.6 is 11.6 Å². The number of aromatic nitrogens is 2. The molecule has 1 amide bonds. The van der Waals surface area contributed by atoms with Gasteiger partial charge in [0.2, 0.25) is 5.28 Å². The van der Waals surface area contributed by atoms with Gasteiger partial charge in [-0.05, 0) is 44.2 Å². The molecule has 0 spiro atoms. The number of nitrogens with one attached hydrogen (secondary N) is 1. The number of hydrogen-bond acceptors (Lipinski definition) is 4. The van der Waals surface area contributed by atoms with Crippen molar-refractivity contribution in [1.29, 1.82) is 0 Å². The van der Waals surface area contributed by atoms with Crippen molar-refractivity contribution < 1.29 is 4.79 Å². The van der Waals surface area contributed by atoms with Gasteiger partial charge in [-0.1, -0.05) is 0 Å². The van der Waals surface area contributed by atoms with Gasteiger partial charge in [0, 0.05) is 25.7 Å². The Balaban J connectivity index is 2.12. The molecule has 1 fully saturated rings. The number of nitrogens with zero attached hydrogens (tertiary/aromatic N) is 3.